The van der Waals surface area contributed by atoms with Crippen LogP contribution >= 0.6 is 24.0 Å². The van der Waals surface area contributed by atoms with Crippen molar-refractivity contribution in [3.63, 3.8) is 0 Å². The van der Waals surface area contributed by atoms with Gasteiger partial charge >= 0.3 is 0 Å². The molecule has 0 unspecified atom stereocenters. The van der Waals surface area contributed by atoms with Crippen LogP contribution in [0.4, 0.5) is 0 Å². The zero-order chi connectivity index (χ0) is 20.4. The average Bonchev–Trinajstić information content (AvgIpc) is 3.26. The quantitative estimate of drug-likeness (QED) is 0.439. The summed E-state index contributed by atoms with van der Waals surface area (Å²) in [4.78, 5) is 14.6. The maximum absolute atomic E-state index is 12.5. The lowest BCUT2D eigenvalue weighted by molar-refractivity contribution is -0.121. The van der Waals surface area contributed by atoms with E-state index in [2.05, 4.69) is 0 Å². The third-order valence-corrected chi connectivity index (χ3v) is 5.94. The summed E-state index contributed by atoms with van der Waals surface area (Å²) in [6, 6.07) is 17.7. The Bertz CT molecular complexity index is 1110. The van der Waals surface area contributed by atoms with Crippen LogP contribution in [0.5, 0.6) is 5.75 Å². The lowest BCUT2D eigenvalue weighted by Crippen LogP contribution is -2.22. The summed E-state index contributed by atoms with van der Waals surface area (Å²) < 4.78 is 8.02. The van der Waals surface area contributed by atoms with Crippen molar-refractivity contribution >= 4 is 40.3 Å². The second-order valence-electron chi connectivity index (χ2n) is 6.41. The van der Waals surface area contributed by atoms with Gasteiger partial charge in [0.1, 0.15) is 15.8 Å². The summed E-state index contributed by atoms with van der Waals surface area (Å²) in [5.74, 6) is 0.687. The monoisotopic (exact) mass is 421 g/mol. The van der Waals surface area contributed by atoms with Crippen molar-refractivity contribution in [2.45, 2.75) is 6.92 Å². The van der Waals surface area contributed by atoms with Gasteiger partial charge in [-0.2, -0.15) is 5.10 Å². The van der Waals surface area contributed by atoms with Gasteiger partial charge in [-0.15, -0.1) is 0 Å². The number of para-hydroxylation sites is 1. The molecule has 7 heteroatoms. The van der Waals surface area contributed by atoms with Gasteiger partial charge in [-0.3, -0.25) is 9.69 Å². The maximum atomic E-state index is 12.5. The summed E-state index contributed by atoms with van der Waals surface area (Å²) in [5, 5.41) is 4.81. The first-order valence-electron chi connectivity index (χ1n) is 9.16. The van der Waals surface area contributed by atoms with Crippen LogP contribution in [0.15, 0.2) is 65.7 Å². The highest BCUT2D eigenvalue weighted by atomic mass is 32.2. The van der Waals surface area contributed by atoms with E-state index in [1.807, 2.05) is 78.5 Å². The molecule has 1 aromatic heterocycles. The molecule has 5 nitrogen and oxygen atoms in total. The van der Waals surface area contributed by atoms with Gasteiger partial charge in [0.25, 0.3) is 5.91 Å². The minimum atomic E-state index is -0.0959. The number of hydrogen-bond donors (Lipinski definition) is 0. The topological polar surface area (TPSA) is 47.4 Å². The number of aromatic nitrogens is 2. The molecule has 2 aromatic carbocycles. The molecule has 1 fully saturated rings. The number of ether oxygens (including phenoxy) is 1. The zero-order valence-electron chi connectivity index (χ0n) is 16.0. The molecule has 0 N–H and O–H groups in total. The highest BCUT2D eigenvalue weighted by molar-refractivity contribution is 8.26. The second kappa shape index (κ2) is 8.23. The van der Waals surface area contributed by atoms with Crippen LogP contribution in [0.2, 0.25) is 0 Å². The first-order chi connectivity index (χ1) is 14.1. The van der Waals surface area contributed by atoms with Crippen LogP contribution in [0, 0.1) is 0 Å². The van der Waals surface area contributed by atoms with Crippen LogP contribution in [0.3, 0.4) is 0 Å². The van der Waals surface area contributed by atoms with Crippen molar-refractivity contribution in [2.75, 3.05) is 13.7 Å². The fourth-order valence-corrected chi connectivity index (χ4v) is 4.19. The number of thioether (sulfide) groups is 1. The fraction of sp³-hybridized carbons (Fsp3) is 0.136. The van der Waals surface area contributed by atoms with Gasteiger partial charge in [0, 0.05) is 24.4 Å². The molecule has 3 aromatic rings. The van der Waals surface area contributed by atoms with E-state index in [-0.39, 0.29) is 5.91 Å². The molecule has 29 heavy (non-hydrogen) atoms. The SMILES string of the molecule is CCOc1cccc(-c2nn(-c3ccccc3)cc2/C=C2\SC(=S)N(C)C2=O)c1. The molecule has 0 radical (unpaired) electrons. The number of benzene rings is 2. The highest BCUT2D eigenvalue weighted by Crippen LogP contribution is 2.34. The predicted molar refractivity (Wildman–Crippen MR) is 121 cm³/mol. The van der Waals surface area contributed by atoms with E-state index >= 15 is 0 Å². The van der Waals surface area contributed by atoms with E-state index in [0.717, 1.165) is 28.3 Å². The van der Waals surface area contributed by atoms with Gasteiger partial charge in [0.15, 0.2) is 0 Å². The average molecular weight is 422 g/mol. The number of carbonyl (C=O) groups excluding carboxylic acids is 1. The Morgan fingerprint density at radius 3 is 2.66 bits per heavy atom. The second-order valence-corrected chi connectivity index (χ2v) is 8.09. The molecule has 2 heterocycles. The summed E-state index contributed by atoms with van der Waals surface area (Å²) >= 11 is 6.56. The van der Waals surface area contributed by atoms with Gasteiger partial charge in [0.05, 0.1) is 17.2 Å². The molecule has 1 saturated heterocycles. The predicted octanol–water partition coefficient (Wildman–Crippen LogP) is 4.77. The van der Waals surface area contributed by atoms with Crippen molar-refractivity contribution in [1.82, 2.24) is 14.7 Å². The van der Waals surface area contributed by atoms with Crippen LogP contribution in [-0.2, 0) is 4.79 Å². The smallest absolute Gasteiger partial charge is 0.265 e. The summed E-state index contributed by atoms with van der Waals surface area (Å²) in [5.41, 5.74) is 3.48. The molecular weight excluding hydrogens is 402 g/mol. The molecular formula is C22H19N3O2S2. The Morgan fingerprint density at radius 2 is 1.97 bits per heavy atom. The molecule has 0 saturated carbocycles. The fourth-order valence-electron chi connectivity index (χ4n) is 3.02. The maximum Gasteiger partial charge on any atom is 0.265 e. The number of rotatable bonds is 5. The van der Waals surface area contributed by atoms with E-state index < -0.39 is 0 Å². The number of nitrogens with zero attached hydrogens (tertiary/aromatic N) is 3. The van der Waals surface area contributed by atoms with Crippen molar-refractivity contribution < 1.29 is 9.53 Å². The van der Waals surface area contributed by atoms with E-state index in [4.69, 9.17) is 22.1 Å². The van der Waals surface area contributed by atoms with Crippen LogP contribution in [-0.4, -0.2) is 38.6 Å². The van der Waals surface area contributed by atoms with E-state index in [1.165, 1.54) is 16.7 Å². The van der Waals surface area contributed by atoms with Gasteiger partial charge < -0.3 is 4.74 Å². The van der Waals surface area contributed by atoms with E-state index in [9.17, 15) is 4.79 Å². The van der Waals surface area contributed by atoms with E-state index in [0.29, 0.717) is 15.8 Å². The third-order valence-electron chi connectivity index (χ3n) is 4.45. The number of likely N-dealkylation sites (N-methyl/N-ethyl adjacent to an activating group) is 1. The van der Waals surface area contributed by atoms with Crippen LogP contribution in [0.1, 0.15) is 12.5 Å². The molecule has 1 aliphatic rings. The Hall–Kier alpha value is -2.90. The largest absolute Gasteiger partial charge is 0.494 e. The Kier molecular flexibility index (Phi) is 5.51. The summed E-state index contributed by atoms with van der Waals surface area (Å²) in [6.07, 6.45) is 3.79. The van der Waals surface area contributed by atoms with Crippen molar-refractivity contribution in [1.29, 1.82) is 0 Å². The molecule has 0 bridgehead atoms. The molecule has 146 valence electrons. The van der Waals surface area contributed by atoms with Gasteiger partial charge in [-0.25, -0.2) is 4.68 Å². The molecule has 1 aliphatic heterocycles. The van der Waals surface area contributed by atoms with Gasteiger partial charge in [-0.1, -0.05) is 54.3 Å². The lowest BCUT2D eigenvalue weighted by atomic mass is 10.1. The molecule has 0 aliphatic carbocycles. The minimum Gasteiger partial charge on any atom is -0.494 e. The lowest BCUT2D eigenvalue weighted by Gasteiger charge is -2.05. The molecule has 0 atom stereocenters. The Balaban J connectivity index is 1.83. The van der Waals surface area contributed by atoms with Crippen LogP contribution in [0.25, 0.3) is 23.0 Å². The van der Waals surface area contributed by atoms with Crippen molar-refractivity contribution in [3.8, 4) is 22.7 Å². The van der Waals surface area contributed by atoms with Gasteiger partial charge in [0.2, 0.25) is 0 Å². The standard InChI is InChI=1S/C22H19N3O2S2/c1-3-27-18-11-7-8-15(12-18)20-16(13-19-21(26)24(2)22(28)29-19)14-25(23-20)17-9-5-4-6-10-17/h4-14H,3H2,1-2H3/b19-13-. The normalized spacial score (nSPS) is 15.4. The van der Waals surface area contributed by atoms with Crippen molar-refractivity contribution in [2.24, 2.45) is 0 Å². The Morgan fingerprint density at radius 1 is 1.17 bits per heavy atom. The molecule has 0 spiro atoms. The number of hydrogen-bond acceptors (Lipinski definition) is 5. The third kappa shape index (κ3) is 3.97. The zero-order valence-corrected chi connectivity index (χ0v) is 17.7. The summed E-state index contributed by atoms with van der Waals surface area (Å²) in [6.45, 7) is 2.54. The first-order valence-corrected chi connectivity index (χ1v) is 10.4. The molecule has 4 rings (SSSR count). The number of thiocarbonyl (C=S) groups is 1. The number of amides is 1. The summed E-state index contributed by atoms with van der Waals surface area (Å²) in [7, 11) is 1.69. The van der Waals surface area contributed by atoms with Crippen LogP contribution < -0.4 is 4.74 Å². The number of carbonyl (C=O) groups is 1. The van der Waals surface area contributed by atoms with E-state index in [1.54, 1.807) is 7.05 Å². The van der Waals surface area contributed by atoms with Crippen molar-refractivity contribution in [3.05, 3.63) is 71.3 Å². The first kappa shape index (κ1) is 19.4. The minimum absolute atomic E-state index is 0.0959. The van der Waals surface area contributed by atoms with Gasteiger partial charge in [-0.05, 0) is 37.3 Å². The Labute approximate surface area is 179 Å². The highest BCUT2D eigenvalue weighted by Gasteiger charge is 2.29. The molecule has 1 amide bonds.